The predicted molar refractivity (Wildman–Crippen MR) is 40.5 cm³/mol. The molecule has 0 radical (unpaired) electrons. The van der Waals surface area contributed by atoms with E-state index in [2.05, 4.69) is 13.0 Å². The van der Waals surface area contributed by atoms with Crippen molar-refractivity contribution >= 4 is 0 Å². The quantitative estimate of drug-likeness (QED) is 0.530. The van der Waals surface area contributed by atoms with Crippen molar-refractivity contribution in [2.75, 3.05) is 6.61 Å². The molecule has 0 aliphatic carbocycles. The van der Waals surface area contributed by atoms with E-state index < -0.39 is 0 Å². The van der Waals surface area contributed by atoms with Crippen molar-refractivity contribution in [2.24, 2.45) is 0 Å². The molecule has 0 saturated heterocycles. The molecular formula is C8H16O. The molecule has 0 aromatic carbocycles. The van der Waals surface area contributed by atoms with Crippen LogP contribution in [0.1, 0.15) is 27.7 Å². The average Bonchev–Trinajstić information content (AvgIpc) is 1.83. The fraction of sp³-hybridized carbons (Fsp3) is 0.750. The van der Waals surface area contributed by atoms with E-state index in [1.807, 2.05) is 20.8 Å². The third kappa shape index (κ3) is 5.57. The van der Waals surface area contributed by atoms with Crippen molar-refractivity contribution in [2.45, 2.75) is 33.8 Å². The molecule has 9 heavy (non-hydrogen) atoms. The average molecular weight is 128 g/mol. The van der Waals surface area contributed by atoms with E-state index in [0.717, 1.165) is 6.61 Å². The van der Waals surface area contributed by atoms with Crippen LogP contribution < -0.4 is 0 Å². The number of allylic oxidation sites excluding steroid dienone is 1. The Bertz CT molecular complexity index is 92.7. The minimum atomic E-state index is 0.347. The summed E-state index contributed by atoms with van der Waals surface area (Å²) in [5.41, 5.74) is 1.30. The number of hydrogen-bond donors (Lipinski definition) is 0. The number of hydrogen-bond acceptors (Lipinski definition) is 1. The van der Waals surface area contributed by atoms with Crippen LogP contribution in [0.15, 0.2) is 11.6 Å². The second-order valence-corrected chi connectivity index (χ2v) is 2.49. The molecule has 0 aliphatic rings. The van der Waals surface area contributed by atoms with Gasteiger partial charge in [-0.1, -0.05) is 11.6 Å². The first-order valence-electron chi connectivity index (χ1n) is 3.40. The molecule has 0 fully saturated rings. The van der Waals surface area contributed by atoms with Crippen molar-refractivity contribution in [1.29, 1.82) is 0 Å². The van der Waals surface area contributed by atoms with E-state index in [4.69, 9.17) is 4.74 Å². The highest BCUT2D eigenvalue weighted by Crippen LogP contribution is 1.95. The van der Waals surface area contributed by atoms with Gasteiger partial charge in [-0.3, -0.25) is 0 Å². The fourth-order valence-corrected chi connectivity index (χ4v) is 0.381. The standard InChI is InChI=1S/C8H16O/c1-5-8(4)6-9-7(2)3/h5,7H,6H2,1-4H3/b8-5-. The molecule has 0 amide bonds. The van der Waals surface area contributed by atoms with Gasteiger partial charge in [0.2, 0.25) is 0 Å². The molecule has 0 bridgehead atoms. The first-order chi connectivity index (χ1) is 4.16. The summed E-state index contributed by atoms with van der Waals surface area (Å²) in [4.78, 5) is 0. The molecule has 0 spiro atoms. The summed E-state index contributed by atoms with van der Waals surface area (Å²) in [7, 11) is 0. The van der Waals surface area contributed by atoms with Crippen LogP contribution >= 0.6 is 0 Å². The van der Waals surface area contributed by atoms with E-state index in [0.29, 0.717) is 6.10 Å². The third-order valence-electron chi connectivity index (χ3n) is 1.14. The van der Waals surface area contributed by atoms with E-state index in [-0.39, 0.29) is 0 Å². The van der Waals surface area contributed by atoms with Crippen LogP contribution in [0.5, 0.6) is 0 Å². The Hall–Kier alpha value is -0.300. The van der Waals surface area contributed by atoms with Gasteiger partial charge in [0, 0.05) is 0 Å². The van der Waals surface area contributed by atoms with E-state index in [9.17, 15) is 0 Å². The summed E-state index contributed by atoms with van der Waals surface area (Å²) in [5, 5.41) is 0. The summed E-state index contributed by atoms with van der Waals surface area (Å²) in [6.07, 6.45) is 2.42. The van der Waals surface area contributed by atoms with Crippen molar-refractivity contribution < 1.29 is 4.74 Å². The molecule has 54 valence electrons. The fourth-order valence-electron chi connectivity index (χ4n) is 0.381. The summed E-state index contributed by atoms with van der Waals surface area (Å²) in [6.45, 7) is 8.96. The lowest BCUT2D eigenvalue weighted by atomic mass is 10.3. The van der Waals surface area contributed by atoms with Crippen LogP contribution in [-0.2, 0) is 4.74 Å². The molecule has 1 nitrogen and oxygen atoms in total. The second kappa shape index (κ2) is 4.57. The summed E-state index contributed by atoms with van der Waals surface area (Å²) >= 11 is 0. The first-order valence-corrected chi connectivity index (χ1v) is 3.40. The Morgan fingerprint density at radius 2 is 2.11 bits per heavy atom. The Morgan fingerprint density at radius 1 is 1.56 bits per heavy atom. The lowest BCUT2D eigenvalue weighted by Gasteiger charge is -2.06. The van der Waals surface area contributed by atoms with Crippen molar-refractivity contribution in [3.8, 4) is 0 Å². The Morgan fingerprint density at radius 3 is 2.44 bits per heavy atom. The van der Waals surface area contributed by atoms with Gasteiger partial charge in [0.1, 0.15) is 0 Å². The van der Waals surface area contributed by atoms with Crippen molar-refractivity contribution in [3.05, 3.63) is 11.6 Å². The summed E-state index contributed by atoms with van der Waals surface area (Å²) in [6, 6.07) is 0. The highest BCUT2D eigenvalue weighted by molar-refractivity contribution is 4.95. The van der Waals surface area contributed by atoms with Gasteiger partial charge in [0.05, 0.1) is 12.7 Å². The maximum absolute atomic E-state index is 5.33. The number of rotatable bonds is 3. The van der Waals surface area contributed by atoms with Gasteiger partial charge in [-0.2, -0.15) is 0 Å². The van der Waals surface area contributed by atoms with Crippen LogP contribution in [-0.4, -0.2) is 12.7 Å². The normalized spacial score (nSPS) is 12.8. The molecule has 1 heteroatoms. The largest absolute Gasteiger partial charge is 0.374 e. The summed E-state index contributed by atoms with van der Waals surface area (Å²) in [5.74, 6) is 0. The maximum atomic E-state index is 5.33. The molecule has 0 aromatic rings. The topological polar surface area (TPSA) is 9.23 Å². The van der Waals surface area contributed by atoms with Gasteiger partial charge in [-0.15, -0.1) is 0 Å². The molecule has 0 rings (SSSR count). The minimum absolute atomic E-state index is 0.347. The third-order valence-corrected chi connectivity index (χ3v) is 1.14. The smallest absolute Gasteiger partial charge is 0.0677 e. The second-order valence-electron chi connectivity index (χ2n) is 2.49. The number of ether oxygens (including phenoxy) is 1. The van der Waals surface area contributed by atoms with Crippen molar-refractivity contribution in [3.63, 3.8) is 0 Å². The van der Waals surface area contributed by atoms with Crippen LogP contribution in [0.2, 0.25) is 0 Å². The van der Waals surface area contributed by atoms with E-state index in [1.165, 1.54) is 5.57 Å². The zero-order valence-electron chi connectivity index (χ0n) is 6.77. The van der Waals surface area contributed by atoms with Gasteiger partial charge in [-0.05, 0) is 27.7 Å². The van der Waals surface area contributed by atoms with E-state index >= 15 is 0 Å². The monoisotopic (exact) mass is 128 g/mol. The van der Waals surface area contributed by atoms with Gasteiger partial charge >= 0.3 is 0 Å². The van der Waals surface area contributed by atoms with Gasteiger partial charge in [-0.25, -0.2) is 0 Å². The van der Waals surface area contributed by atoms with Gasteiger partial charge in [0.25, 0.3) is 0 Å². The Balaban J connectivity index is 3.28. The molecule has 0 unspecified atom stereocenters. The lowest BCUT2D eigenvalue weighted by Crippen LogP contribution is -2.04. The molecule has 0 aliphatic heterocycles. The lowest BCUT2D eigenvalue weighted by molar-refractivity contribution is 0.0972. The van der Waals surface area contributed by atoms with Crippen LogP contribution in [0.25, 0.3) is 0 Å². The highest BCUT2D eigenvalue weighted by atomic mass is 16.5. The molecular weight excluding hydrogens is 112 g/mol. The SMILES string of the molecule is C/C=C(/C)COC(C)C. The zero-order valence-corrected chi connectivity index (χ0v) is 6.77. The van der Waals surface area contributed by atoms with E-state index in [1.54, 1.807) is 0 Å². The highest BCUT2D eigenvalue weighted by Gasteiger charge is 1.91. The van der Waals surface area contributed by atoms with Crippen LogP contribution in [0.3, 0.4) is 0 Å². The predicted octanol–water partition coefficient (Wildman–Crippen LogP) is 2.38. The Kier molecular flexibility index (Phi) is 4.41. The molecule has 0 heterocycles. The van der Waals surface area contributed by atoms with Crippen LogP contribution in [0, 0.1) is 0 Å². The zero-order chi connectivity index (χ0) is 7.28. The van der Waals surface area contributed by atoms with Crippen LogP contribution in [0.4, 0.5) is 0 Å². The molecule has 0 aromatic heterocycles. The van der Waals surface area contributed by atoms with Gasteiger partial charge < -0.3 is 4.74 Å². The first kappa shape index (κ1) is 8.70. The van der Waals surface area contributed by atoms with Crippen molar-refractivity contribution in [1.82, 2.24) is 0 Å². The molecule has 0 N–H and O–H groups in total. The minimum Gasteiger partial charge on any atom is -0.374 e. The maximum Gasteiger partial charge on any atom is 0.0677 e. The summed E-state index contributed by atoms with van der Waals surface area (Å²) < 4.78 is 5.33. The molecule has 0 atom stereocenters. The Labute approximate surface area is 57.7 Å². The van der Waals surface area contributed by atoms with Gasteiger partial charge in [0.15, 0.2) is 0 Å². The molecule has 0 saturated carbocycles.